The fourth-order valence-electron chi connectivity index (χ4n) is 1.96. The van der Waals surface area contributed by atoms with Crippen molar-refractivity contribution in [2.75, 3.05) is 10.6 Å². The first-order valence-electron chi connectivity index (χ1n) is 7.05. The van der Waals surface area contributed by atoms with Gasteiger partial charge >= 0.3 is 0 Å². The summed E-state index contributed by atoms with van der Waals surface area (Å²) in [7, 11) is 0. The first kappa shape index (κ1) is 11.1. The molecule has 0 aliphatic heterocycles. The van der Waals surface area contributed by atoms with Gasteiger partial charge in [0.05, 0.1) is 1.37 Å². The van der Waals surface area contributed by atoms with Crippen LogP contribution in [0.1, 0.15) is 1.37 Å². The molecule has 0 saturated carbocycles. The molecule has 0 radical (unpaired) electrons. The number of para-hydroxylation sites is 2. The van der Waals surface area contributed by atoms with Crippen LogP contribution in [0, 0.1) is 0 Å². The van der Waals surface area contributed by atoms with E-state index in [0.717, 1.165) is 22.7 Å². The van der Waals surface area contributed by atoms with Gasteiger partial charge in [-0.3, -0.25) is 0 Å². The molecule has 0 fully saturated rings. The van der Waals surface area contributed by atoms with Crippen LogP contribution in [0.5, 0.6) is 0 Å². The molecule has 0 bridgehead atoms. The highest BCUT2D eigenvalue weighted by Gasteiger charge is 1.96. The second-order valence-electron chi connectivity index (χ2n) is 4.48. The average Bonchev–Trinajstić information content (AvgIpc) is 2.53. The Bertz CT molecular complexity index is 692. The summed E-state index contributed by atoms with van der Waals surface area (Å²) < 4.78 is 7.47. The van der Waals surface area contributed by atoms with Gasteiger partial charge in [0.15, 0.2) is 0 Å². The van der Waals surface area contributed by atoms with Crippen LogP contribution in [0.3, 0.4) is 0 Å². The molecule has 3 rings (SSSR count). The molecule has 20 heavy (non-hydrogen) atoms. The minimum Gasteiger partial charge on any atom is -0.356 e. The number of anilines is 4. The number of benzene rings is 3. The molecule has 3 aromatic carbocycles. The van der Waals surface area contributed by atoms with E-state index in [-0.39, 0.29) is 0 Å². The van der Waals surface area contributed by atoms with Crippen molar-refractivity contribution in [2.45, 2.75) is 0 Å². The molecule has 0 aliphatic rings. The third-order valence-electron chi connectivity index (χ3n) is 2.95. The molecule has 3 aromatic rings. The summed E-state index contributed by atoms with van der Waals surface area (Å²) in [6, 6.07) is 26.1. The van der Waals surface area contributed by atoms with Gasteiger partial charge in [-0.1, -0.05) is 36.4 Å². The maximum absolute atomic E-state index is 7.47. The molecule has 0 amide bonds. The van der Waals surface area contributed by atoms with E-state index in [1.807, 2.05) is 66.7 Å². The van der Waals surface area contributed by atoms with Gasteiger partial charge in [0.2, 0.25) is 0 Å². The molecule has 0 unspecified atom stereocenters. The summed E-state index contributed by atoms with van der Waals surface area (Å²) >= 11 is 0. The Morgan fingerprint density at radius 2 is 0.900 bits per heavy atom. The van der Waals surface area contributed by atoms with Gasteiger partial charge in [-0.15, -0.1) is 0 Å². The third kappa shape index (κ3) is 3.18. The smallest absolute Gasteiger partial charge is 0.0623 e. The molecule has 0 aromatic heterocycles. The normalized spacial score (nSPS) is 10.7. The highest BCUT2D eigenvalue weighted by atomic mass is 14.9. The van der Waals surface area contributed by atoms with Crippen molar-refractivity contribution in [3.8, 4) is 0 Å². The van der Waals surface area contributed by atoms with Gasteiger partial charge in [0.1, 0.15) is 0 Å². The van der Waals surface area contributed by atoms with E-state index >= 15 is 0 Å². The third-order valence-corrected chi connectivity index (χ3v) is 2.95. The molecule has 2 N–H and O–H groups in total. The fourth-order valence-corrected chi connectivity index (χ4v) is 1.96. The van der Waals surface area contributed by atoms with Crippen molar-refractivity contribution in [2.24, 2.45) is 0 Å². The van der Waals surface area contributed by atoms with Crippen molar-refractivity contribution >= 4 is 22.7 Å². The Kier molecular flexibility index (Phi) is 3.30. The van der Waals surface area contributed by atoms with Gasteiger partial charge in [0.25, 0.3) is 0 Å². The monoisotopic (exact) mass is 261 g/mol. The predicted octanol–water partition coefficient (Wildman–Crippen LogP) is 5.17. The standard InChI is InChI=1S/C18H16N2/c1-3-7-15(8-4-1)19-17-11-13-18(14-12-17)20-16-9-5-2-6-10-16/h1-14,19-20H/i1D. The lowest BCUT2D eigenvalue weighted by molar-refractivity contribution is 1.52. The Balaban J connectivity index is 1.68. The summed E-state index contributed by atoms with van der Waals surface area (Å²) in [6.07, 6.45) is 0. The van der Waals surface area contributed by atoms with Crippen molar-refractivity contribution in [1.82, 2.24) is 0 Å². The Morgan fingerprint density at radius 1 is 0.500 bits per heavy atom. The highest BCUT2D eigenvalue weighted by Crippen LogP contribution is 2.21. The zero-order valence-electron chi connectivity index (χ0n) is 12.0. The van der Waals surface area contributed by atoms with Crippen LogP contribution in [0.25, 0.3) is 0 Å². The van der Waals surface area contributed by atoms with Crippen LogP contribution in [0.15, 0.2) is 84.9 Å². The Morgan fingerprint density at radius 3 is 1.40 bits per heavy atom. The molecule has 2 nitrogen and oxygen atoms in total. The second kappa shape index (κ2) is 5.93. The van der Waals surface area contributed by atoms with Crippen LogP contribution in [0.4, 0.5) is 22.7 Å². The fraction of sp³-hybridized carbons (Fsp3) is 0. The van der Waals surface area contributed by atoms with E-state index in [1.54, 1.807) is 12.1 Å². The molecule has 0 saturated heterocycles. The van der Waals surface area contributed by atoms with Crippen molar-refractivity contribution in [1.29, 1.82) is 0 Å². The van der Waals surface area contributed by atoms with E-state index in [9.17, 15) is 0 Å². The minimum absolute atomic E-state index is 0.517. The van der Waals surface area contributed by atoms with Crippen LogP contribution in [-0.4, -0.2) is 0 Å². The van der Waals surface area contributed by atoms with Crippen LogP contribution in [0.2, 0.25) is 0 Å². The molecule has 98 valence electrons. The lowest BCUT2D eigenvalue weighted by Gasteiger charge is -2.09. The first-order valence-corrected chi connectivity index (χ1v) is 6.55. The van der Waals surface area contributed by atoms with Crippen molar-refractivity contribution in [3.63, 3.8) is 0 Å². The van der Waals surface area contributed by atoms with Gasteiger partial charge in [0, 0.05) is 22.7 Å². The molecule has 0 atom stereocenters. The molecule has 0 heterocycles. The van der Waals surface area contributed by atoms with Crippen LogP contribution < -0.4 is 10.6 Å². The van der Waals surface area contributed by atoms with Crippen LogP contribution >= 0.6 is 0 Å². The van der Waals surface area contributed by atoms with Crippen LogP contribution in [-0.2, 0) is 0 Å². The predicted molar refractivity (Wildman–Crippen MR) is 85.9 cm³/mol. The second-order valence-corrected chi connectivity index (χ2v) is 4.48. The van der Waals surface area contributed by atoms with Crippen molar-refractivity contribution < 1.29 is 1.37 Å². The maximum atomic E-state index is 7.47. The highest BCUT2D eigenvalue weighted by molar-refractivity contribution is 5.65. The zero-order valence-corrected chi connectivity index (χ0v) is 11.0. The quantitative estimate of drug-likeness (QED) is 0.676. The van der Waals surface area contributed by atoms with E-state index < -0.39 is 0 Å². The summed E-state index contributed by atoms with van der Waals surface area (Å²) in [4.78, 5) is 0. The largest absolute Gasteiger partial charge is 0.356 e. The summed E-state index contributed by atoms with van der Waals surface area (Å²) in [5.41, 5.74) is 4.12. The Hall–Kier alpha value is -2.74. The topological polar surface area (TPSA) is 24.1 Å². The summed E-state index contributed by atoms with van der Waals surface area (Å²) in [6.45, 7) is 0. The zero-order chi connectivity index (χ0) is 14.5. The summed E-state index contributed by atoms with van der Waals surface area (Å²) in [5.74, 6) is 0. The molecule has 0 aliphatic carbocycles. The van der Waals surface area contributed by atoms with E-state index in [4.69, 9.17) is 1.37 Å². The molecular weight excluding hydrogens is 244 g/mol. The number of nitrogens with one attached hydrogen (secondary N) is 2. The number of rotatable bonds is 4. The van der Waals surface area contributed by atoms with E-state index in [0.29, 0.717) is 6.04 Å². The Labute approximate surface area is 120 Å². The lowest BCUT2D eigenvalue weighted by Crippen LogP contribution is -1.92. The van der Waals surface area contributed by atoms with Gasteiger partial charge in [-0.2, -0.15) is 0 Å². The minimum atomic E-state index is 0.517. The number of hydrogen-bond donors (Lipinski definition) is 2. The maximum Gasteiger partial charge on any atom is 0.0623 e. The molecule has 0 spiro atoms. The van der Waals surface area contributed by atoms with Gasteiger partial charge in [-0.25, -0.2) is 0 Å². The average molecular weight is 261 g/mol. The number of hydrogen-bond acceptors (Lipinski definition) is 2. The lowest BCUT2D eigenvalue weighted by atomic mass is 10.2. The van der Waals surface area contributed by atoms with Crippen molar-refractivity contribution in [3.05, 3.63) is 84.9 Å². The van der Waals surface area contributed by atoms with E-state index in [2.05, 4.69) is 10.6 Å². The first-order chi connectivity index (χ1) is 10.3. The summed E-state index contributed by atoms with van der Waals surface area (Å²) in [5, 5.41) is 6.66. The molecule has 2 heteroatoms. The van der Waals surface area contributed by atoms with Gasteiger partial charge in [-0.05, 0) is 48.5 Å². The molecular formula is C18H16N2. The van der Waals surface area contributed by atoms with Gasteiger partial charge < -0.3 is 10.6 Å². The van der Waals surface area contributed by atoms with E-state index in [1.165, 1.54) is 0 Å². The SMILES string of the molecule is [2H]c1ccc(Nc2ccc(Nc3ccccc3)cc2)cc1.